The molecule has 28 heavy (non-hydrogen) atoms. The lowest BCUT2D eigenvalue weighted by Crippen LogP contribution is -2.54. The summed E-state index contributed by atoms with van der Waals surface area (Å²) in [5.74, 6) is -0.173. The van der Waals surface area contributed by atoms with Gasteiger partial charge in [-0.2, -0.15) is 4.72 Å². The van der Waals surface area contributed by atoms with E-state index in [-0.39, 0.29) is 10.8 Å². The first-order valence-corrected chi connectivity index (χ1v) is 10.9. The third-order valence-electron chi connectivity index (χ3n) is 5.02. The monoisotopic (exact) mass is 401 g/mol. The van der Waals surface area contributed by atoms with Gasteiger partial charge in [-0.05, 0) is 38.1 Å². The van der Waals surface area contributed by atoms with E-state index in [9.17, 15) is 13.2 Å². The maximum Gasteiger partial charge on any atom is 0.241 e. The van der Waals surface area contributed by atoms with Crippen LogP contribution in [0.5, 0.6) is 0 Å². The normalized spacial score (nSPS) is 16.7. The third-order valence-corrected chi connectivity index (χ3v) is 6.51. The first kappa shape index (κ1) is 20.5. The quantitative estimate of drug-likeness (QED) is 0.799. The van der Waals surface area contributed by atoms with Crippen LogP contribution in [0.15, 0.2) is 59.5 Å². The Morgan fingerprint density at radius 3 is 2.21 bits per heavy atom. The highest BCUT2D eigenvalue weighted by atomic mass is 32.2. The van der Waals surface area contributed by atoms with Gasteiger partial charge in [0.2, 0.25) is 15.9 Å². The van der Waals surface area contributed by atoms with E-state index in [1.807, 2.05) is 44.3 Å². The van der Waals surface area contributed by atoms with Crippen molar-refractivity contribution in [2.24, 2.45) is 0 Å². The standard InChI is InChI=1S/C21H27N3O3S/c1-17-8-10-19(11-9-17)28(26,27)22-20(16-18-6-4-3-5-7-18)21(25)24-14-12-23(2)13-15-24/h3-11,20,22H,12-16H2,1-2H3/t20-/m1/s1. The zero-order valence-corrected chi connectivity index (χ0v) is 17.2. The highest BCUT2D eigenvalue weighted by molar-refractivity contribution is 7.89. The summed E-state index contributed by atoms with van der Waals surface area (Å²) in [6, 6.07) is 15.3. The SMILES string of the molecule is Cc1ccc(S(=O)(=O)N[C@H](Cc2ccccc2)C(=O)N2CCN(C)CC2)cc1. The van der Waals surface area contributed by atoms with Crippen molar-refractivity contribution in [2.75, 3.05) is 33.2 Å². The minimum Gasteiger partial charge on any atom is -0.339 e. The molecule has 0 spiro atoms. The number of hydrogen-bond donors (Lipinski definition) is 1. The number of rotatable bonds is 6. The van der Waals surface area contributed by atoms with Crippen LogP contribution in [0.1, 0.15) is 11.1 Å². The Morgan fingerprint density at radius 2 is 1.61 bits per heavy atom. The molecule has 0 aliphatic carbocycles. The van der Waals surface area contributed by atoms with Crippen molar-refractivity contribution in [3.05, 3.63) is 65.7 Å². The topological polar surface area (TPSA) is 69.7 Å². The summed E-state index contributed by atoms with van der Waals surface area (Å²) in [5, 5.41) is 0. The molecule has 0 saturated carbocycles. The zero-order valence-electron chi connectivity index (χ0n) is 16.3. The smallest absolute Gasteiger partial charge is 0.241 e. The molecule has 6 nitrogen and oxygen atoms in total. The highest BCUT2D eigenvalue weighted by Gasteiger charge is 2.30. The van der Waals surface area contributed by atoms with Crippen LogP contribution in [-0.4, -0.2) is 63.4 Å². The second kappa shape index (κ2) is 8.86. The molecule has 2 aromatic carbocycles. The number of carbonyl (C=O) groups is 1. The molecule has 0 unspecified atom stereocenters. The molecule has 3 rings (SSSR count). The fraction of sp³-hybridized carbons (Fsp3) is 0.381. The number of nitrogens with one attached hydrogen (secondary N) is 1. The van der Waals surface area contributed by atoms with Crippen LogP contribution in [0.2, 0.25) is 0 Å². The Labute approximate surface area is 167 Å². The number of hydrogen-bond acceptors (Lipinski definition) is 4. The Balaban J connectivity index is 1.83. The van der Waals surface area contributed by atoms with Crippen LogP contribution >= 0.6 is 0 Å². The lowest BCUT2D eigenvalue weighted by molar-refractivity contribution is -0.134. The van der Waals surface area contributed by atoms with Crippen LogP contribution in [-0.2, 0) is 21.2 Å². The minimum absolute atomic E-state index is 0.169. The van der Waals surface area contributed by atoms with E-state index >= 15 is 0 Å². The molecule has 1 saturated heterocycles. The van der Waals surface area contributed by atoms with Crippen molar-refractivity contribution in [2.45, 2.75) is 24.3 Å². The molecule has 1 N–H and O–H groups in total. The maximum absolute atomic E-state index is 13.2. The third kappa shape index (κ3) is 5.19. The minimum atomic E-state index is -3.80. The zero-order chi connectivity index (χ0) is 20.1. The molecular formula is C21H27N3O3S. The van der Waals surface area contributed by atoms with Gasteiger partial charge < -0.3 is 9.80 Å². The van der Waals surface area contributed by atoms with Crippen molar-refractivity contribution in [1.82, 2.24) is 14.5 Å². The molecular weight excluding hydrogens is 374 g/mol. The van der Waals surface area contributed by atoms with Gasteiger partial charge in [0, 0.05) is 26.2 Å². The predicted molar refractivity (Wildman–Crippen MR) is 110 cm³/mol. The molecule has 1 heterocycles. The molecule has 1 amide bonds. The molecule has 2 aromatic rings. The number of carbonyl (C=O) groups excluding carboxylic acids is 1. The second-order valence-electron chi connectivity index (χ2n) is 7.31. The lowest BCUT2D eigenvalue weighted by atomic mass is 10.1. The van der Waals surface area contributed by atoms with Crippen LogP contribution in [0.25, 0.3) is 0 Å². The molecule has 0 radical (unpaired) electrons. The lowest BCUT2D eigenvalue weighted by Gasteiger charge is -2.34. The van der Waals surface area contributed by atoms with Gasteiger partial charge in [-0.15, -0.1) is 0 Å². The summed E-state index contributed by atoms with van der Waals surface area (Å²) in [5.41, 5.74) is 1.90. The van der Waals surface area contributed by atoms with Crippen molar-refractivity contribution in [1.29, 1.82) is 0 Å². The number of amides is 1. The molecule has 1 fully saturated rings. The van der Waals surface area contributed by atoms with Gasteiger partial charge in [0.15, 0.2) is 0 Å². The summed E-state index contributed by atoms with van der Waals surface area (Å²) in [6.07, 6.45) is 0.317. The Morgan fingerprint density at radius 1 is 1.00 bits per heavy atom. The largest absolute Gasteiger partial charge is 0.339 e. The van der Waals surface area contributed by atoms with Gasteiger partial charge in [-0.3, -0.25) is 4.79 Å². The molecule has 1 atom stereocenters. The average molecular weight is 402 g/mol. The number of aryl methyl sites for hydroxylation is 1. The summed E-state index contributed by atoms with van der Waals surface area (Å²) < 4.78 is 28.4. The second-order valence-corrected chi connectivity index (χ2v) is 9.02. The molecule has 150 valence electrons. The summed E-state index contributed by atoms with van der Waals surface area (Å²) in [6.45, 7) is 4.68. The Bertz CT molecular complexity index is 890. The highest BCUT2D eigenvalue weighted by Crippen LogP contribution is 2.14. The van der Waals surface area contributed by atoms with Crippen LogP contribution in [0.3, 0.4) is 0 Å². The van der Waals surface area contributed by atoms with Crippen molar-refractivity contribution >= 4 is 15.9 Å². The van der Waals surface area contributed by atoms with E-state index in [4.69, 9.17) is 0 Å². The summed E-state index contributed by atoms with van der Waals surface area (Å²) in [4.78, 5) is 17.2. The summed E-state index contributed by atoms with van der Waals surface area (Å²) >= 11 is 0. The van der Waals surface area contributed by atoms with Gasteiger partial charge in [0.25, 0.3) is 0 Å². The predicted octanol–water partition coefficient (Wildman–Crippen LogP) is 1.66. The Hall–Kier alpha value is -2.22. The first-order chi connectivity index (χ1) is 13.3. The van der Waals surface area contributed by atoms with Crippen molar-refractivity contribution < 1.29 is 13.2 Å². The van der Waals surface area contributed by atoms with Crippen molar-refractivity contribution in [3.63, 3.8) is 0 Å². The molecule has 1 aliphatic rings. The van der Waals surface area contributed by atoms with Crippen molar-refractivity contribution in [3.8, 4) is 0 Å². The summed E-state index contributed by atoms with van der Waals surface area (Å²) in [7, 11) is -1.78. The Kier molecular flexibility index (Phi) is 6.49. The number of piperazine rings is 1. The fourth-order valence-corrected chi connectivity index (χ4v) is 4.44. The molecule has 0 bridgehead atoms. The van der Waals surface area contributed by atoms with Gasteiger partial charge in [0.1, 0.15) is 6.04 Å². The number of sulfonamides is 1. The van der Waals surface area contributed by atoms with Crippen LogP contribution in [0.4, 0.5) is 0 Å². The number of benzene rings is 2. The first-order valence-electron chi connectivity index (χ1n) is 9.45. The van der Waals surface area contributed by atoms with Gasteiger partial charge in [-0.25, -0.2) is 8.42 Å². The number of nitrogens with zero attached hydrogens (tertiary/aromatic N) is 2. The fourth-order valence-electron chi connectivity index (χ4n) is 3.25. The molecule has 7 heteroatoms. The number of likely N-dealkylation sites (N-methyl/N-ethyl adjacent to an activating group) is 1. The van der Waals surface area contributed by atoms with E-state index in [2.05, 4.69) is 9.62 Å². The molecule has 0 aromatic heterocycles. The maximum atomic E-state index is 13.2. The van der Waals surface area contributed by atoms with Gasteiger partial charge in [-0.1, -0.05) is 48.0 Å². The average Bonchev–Trinajstić information content (AvgIpc) is 2.68. The van der Waals surface area contributed by atoms with E-state index in [1.165, 1.54) is 0 Å². The van der Waals surface area contributed by atoms with E-state index < -0.39 is 16.1 Å². The van der Waals surface area contributed by atoms with E-state index in [0.717, 1.165) is 24.2 Å². The van der Waals surface area contributed by atoms with E-state index in [1.54, 1.807) is 29.2 Å². The van der Waals surface area contributed by atoms with Crippen LogP contribution < -0.4 is 4.72 Å². The van der Waals surface area contributed by atoms with E-state index in [0.29, 0.717) is 19.5 Å². The van der Waals surface area contributed by atoms with Gasteiger partial charge in [0.05, 0.1) is 4.90 Å². The van der Waals surface area contributed by atoms with Gasteiger partial charge >= 0.3 is 0 Å². The van der Waals surface area contributed by atoms with Crippen LogP contribution in [0, 0.1) is 6.92 Å². The molecule has 1 aliphatic heterocycles.